The average Bonchev–Trinajstić information content (AvgIpc) is 3.35. The Morgan fingerprint density at radius 3 is 1.85 bits per heavy atom. The Hall–Kier alpha value is -8.88. The first-order valence-electron chi connectivity index (χ1n) is 21.2. The number of allylic oxidation sites excluding steroid dienone is 3. The molecule has 0 atom stereocenters. The fourth-order valence-electron chi connectivity index (χ4n) is 7.56. The second-order valence-electron chi connectivity index (χ2n) is 15.3. The van der Waals surface area contributed by atoms with Gasteiger partial charge in [-0.05, 0) is 84.3 Å². The van der Waals surface area contributed by atoms with Crippen molar-refractivity contribution in [3.63, 3.8) is 0 Å². The van der Waals surface area contributed by atoms with Crippen LogP contribution in [0.4, 0.5) is 23.3 Å². The molecule has 5 aromatic carbocycles. The van der Waals surface area contributed by atoms with Crippen LogP contribution in [-0.2, 0) is 11.3 Å². The van der Waals surface area contributed by atoms with Crippen LogP contribution in [0.25, 0.3) is 33.0 Å². The van der Waals surface area contributed by atoms with Crippen LogP contribution < -0.4 is 31.6 Å². The van der Waals surface area contributed by atoms with E-state index in [4.69, 9.17) is 26.2 Å². The SMILES string of the molecule is C/C=C(\C#N)C(=O)c1cccc(CNc2ncnc(N)c2-c2ccc(Oc3cccc4cccc(Oc5ccc(-c6c(N)ncnc6NC6CCCCC6)cc5)c34)cc2)c1.C=C(C#N)C=O. The summed E-state index contributed by atoms with van der Waals surface area (Å²) in [6.45, 7) is 5.09. The lowest BCUT2D eigenvalue weighted by Gasteiger charge is -2.24. The molecule has 2 heterocycles. The number of aldehydes is 1. The van der Waals surface area contributed by atoms with Crippen molar-refractivity contribution in [3.8, 4) is 57.4 Å². The Morgan fingerprint density at radius 2 is 1.32 bits per heavy atom. The van der Waals surface area contributed by atoms with Gasteiger partial charge in [0.25, 0.3) is 0 Å². The number of carbonyl (C=O) groups excluding carboxylic acids is 2. The summed E-state index contributed by atoms with van der Waals surface area (Å²) in [6.07, 6.45) is 10.8. The van der Waals surface area contributed by atoms with Gasteiger partial charge in [-0.25, -0.2) is 19.9 Å². The molecule has 6 N–H and O–H groups in total. The van der Waals surface area contributed by atoms with E-state index in [0.717, 1.165) is 51.7 Å². The number of carbonyl (C=O) groups is 2. The fraction of sp³-hybridized carbons (Fsp3) is 0.154. The molecule has 0 saturated heterocycles. The Labute approximate surface area is 382 Å². The minimum atomic E-state index is -0.323. The zero-order chi connectivity index (χ0) is 46.4. The van der Waals surface area contributed by atoms with Crippen molar-refractivity contribution in [1.29, 1.82) is 10.5 Å². The van der Waals surface area contributed by atoms with E-state index in [1.165, 1.54) is 38.0 Å². The van der Waals surface area contributed by atoms with Crippen LogP contribution in [0.1, 0.15) is 54.9 Å². The Kier molecular flexibility index (Phi) is 14.7. The van der Waals surface area contributed by atoms with Gasteiger partial charge in [0.05, 0.1) is 27.7 Å². The van der Waals surface area contributed by atoms with Crippen molar-refractivity contribution in [2.24, 2.45) is 0 Å². The minimum absolute atomic E-state index is 0.0324. The summed E-state index contributed by atoms with van der Waals surface area (Å²) in [4.78, 5) is 39.8. The predicted molar refractivity (Wildman–Crippen MR) is 257 cm³/mol. The maximum atomic E-state index is 12.8. The first-order chi connectivity index (χ1) is 32.2. The number of rotatable bonds is 14. The smallest absolute Gasteiger partial charge is 0.203 e. The lowest BCUT2D eigenvalue weighted by Crippen LogP contribution is -2.23. The van der Waals surface area contributed by atoms with Crippen LogP contribution in [0.2, 0.25) is 0 Å². The molecule has 1 fully saturated rings. The molecule has 0 spiro atoms. The third-order valence-electron chi connectivity index (χ3n) is 10.9. The van der Waals surface area contributed by atoms with E-state index in [-0.39, 0.29) is 16.9 Å². The molecule has 14 heteroatoms. The fourth-order valence-corrected chi connectivity index (χ4v) is 7.56. The molecule has 1 saturated carbocycles. The maximum Gasteiger partial charge on any atom is 0.203 e. The Bertz CT molecular complexity index is 3000. The largest absolute Gasteiger partial charge is 0.457 e. The minimum Gasteiger partial charge on any atom is -0.457 e. The van der Waals surface area contributed by atoms with E-state index in [1.54, 1.807) is 31.2 Å². The van der Waals surface area contributed by atoms with Gasteiger partial charge in [-0.1, -0.05) is 98.6 Å². The van der Waals surface area contributed by atoms with Crippen molar-refractivity contribution >= 4 is 46.1 Å². The number of ketones is 1. The molecule has 0 amide bonds. The normalized spacial score (nSPS) is 12.4. The number of nitrogen functional groups attached to an aromatic ring is 2. The third-order valence-corrected chi connectivity index (χ3v) is 10.9. The van der Waals surface area contributed by atoms with Crippen molar-refractivity contribution < 1.29 is 19.1 Å². The van der Waals surface area contributed by atoms with Crippen LogP contribution in [0.15, 0.2) is 146 Å². The highest BCUT2D eigenvalue weighted by Gasteiger charge is 2.19. The van der Waals surface area contributed by atoms with Crippen LogP contribution in [0.3, 0.4) is 0 Å². The highest BCUT2D eigenvalue weighted by molar-refractivity contribution is 6.11. The van der Waals surface area contributed by atoms with E-state index in [9.17, 15) is 14.9 Å². The molecule has 66 heavy (non-hydrogen) atoms. The Morgan fingerprint density at radius 1 is 0.758 bits per heavy atom. The summed E-state index contributed by atoms with van der Waals surface area (Å²) < 4.78 is 13.0. The summed E-state index contributed by atoms with van der Waals surface area (Å²) in [5.41, 5.74) is 17.2. The average molecular weight is 875 g/mol. The van der Waals surface area contributed by atoms with E-state index in [2.05, 4.69) is 37.1 Å². The van der Waals surface area contributed by atoms with Crippen molar-refractivity contribution in [3.05, 3.63) is 157 Å². The first kappa shape index (κ1) is 45.2. The van der Waals surface area contributed by atoms with E-state index in [1.807, 2.05) is 97.1 Å². The molecule has 7 aromatic rings. The lowest BCUT2D eigenvalue weighted by atomic mass is 9.95. The summed E-state index contributed by atoms with van der Waals surface area (Å²) >= 11 is 0. The quantitative estimate of drug-likeness (QED) is 0.0345. The number of nitrogens with two attached hydrogens (primary N) is 2. The molecule has 2 aromatic heterocycles. The molecule has 14 nitrogen and oxygen atoms in total. The monoisotopic (exact) mass is 874 g/mol. The molecule has 0 radical (unpaired) electrons. The number of anilines is 4. The third kappa shape index (κ3) is 10.8. The van der Waals surface area contributed by atoms with Gasteiger partial charge < -0.3 is 31.6 Å². The molecule has 328 valence electrons. The number of fused-ring (bicyclic) bond motifs is 1. The van der Waals surface area contributed by atoms with Gasteiger partial charge in [0.15, 0.2) is 6.29 Å². The first-order valence-corrected chi connectivity index (χ1v) is 21.2. The van der Waals surface area contributed by atoms with Crippen LogP contribution in [0, 0.1) is 22.7 Å². The highest BCUT2D eigenvalue weighted by atomic mass is 16.5. The van der Waals surface area contributed by atoms with E-state index < -0.39 is 0 Å². The summed E-state index contributed by atoms with van der Waals surface area (Å²) in [7, 11) is 0. The number of ether oxygens (including phenoxy) is 2. The molecule has 0 aliphatic heterocycles. The number of benzene rings is 5. The highest BCUT2D eigenvalue weighted by Crippen LogP contribution is 2.41. The molecule has 1 aliphatic rings. The zero-order valence-corrected chi connectivity index (χ0v) is 36.2. The summed E-state index contributed by atoms with van der Waals surface area (Å²) in [6, 6.07) is 38.1. The van der Waals surface area contributed by atoms with Gasteiger partial charge >= 0.3 is 0 Å². The number of hydrogen-bond donors (Lipinski definition) is 4. The molecule has 0 unspecified atom stereocenters. The summed E-state index contributed by atoms with van der Waals surface area (Å²) in [5.74, 6) is 4.21. The predicted octanol–water partition coefficient (Wildman–Crippen LogP) is 10.8. The van der Waals surface area contributed by atoms with Gasteiger partial charge in [-0.2, -0.15) is 10.5 Å². The molecular formula is C52H46N10O4. The van der Waals surface area contributed by atoms with Gasteiger partial charge in [0, 0.05) is 18.2 Å². The van der Waals surface area contributed by atoms with Gasteiger partial charge in [0.1, 0.15) is 71.1 Å². The van der Waals surface area contributed by atoms with Crippen molar-refractivity contribution in [2.75, 3.05) is 22.1 Å². The number of Topliss-reactive ketones (excluding diaryl/α,β-unsaturated/α-hetero) is 1. The van der Waals surface area contributed by atoms with Crippen LogP contribution >= 0.6 is 0 Å². The maximum absolute atomic E-state index is 12.8. The number of nitriles is 2. The second kappa shape index (κ2) is 21.5. The number of aromatic nitrogens is 4. The zero-order valence-electron chi connectivity index (χ0n) is 36.2. The standard InChI is InChI=1S/C48H43N9O3.C4H3NO/c1-2-31(26-49)44(58)35-12-6-9-30(25-35)27-52-47-42(45(50)53-28-55-47)33-17-21-37(22-18-33)59-39-15-7-10-32-11-8-16-40(41(32)39)60-38-23-19-34(20-24-38)43-46(51)54-29-56-48(43)57-36-13-4-3-5-14-36;1-4(2-5)3-6/h2,6-12,15-25,28-29,36H,3-5,13-14,27H2,1H3,(H3,50,52,53,55)(H3,51,54,56,57);3H,1H2/b31-2+;. The topological polar surface area (TPSA) is 228 Å². The van der Waals surface area contributed by atoms with Gasteiger partial charge in [-0.3, -0.25) is 9.59 Å². The molecule has 0 bridgehead atoms. The van der Waals surface area contributed by atoms with Crippen LogP contribution in [0.5, 0.6) is 23.0 Å². The van der Waals surface area contributed by atoms with Crippen molar-refractivity contribution in [1.82, 2.24) is 19.9 Å². The van der Waals surface area contributed by atoms with E-state index >= 15 is 0 Å². The number of nitrogens with zero attached hydrogens (tertiary/aromatic N) is 6. The second-order valence-corrected chi connectivity index (χ2v) is 15.3. The molecule has 1 aliphatic carbocycles. The number of hydrogen-bond acceptors (Lipinski definition) is 14. The molecule has 8 rings (SSSR count). The molecular weight excluding hydrogens is 829 g/mol. The van der Waals surface area contributed by atoms with Crippen LogP contribution in [-0.4, -0.2) is 38.0 Å². The summed E-state index contributed by atoms with van der Waals surface area (Å²) in [5, 5.41) is 25.8. The number of nitrogens with one attached hydrogen (secondary N) is 2. The van der Waals surface area contributed by atoms with Gasteiger partial charge in [0.2, 0.25) is 5.78 Å². The van der Waals surface area contributed by atoms with E-state index in [0.29, 0.717) is 70.5 Å². The lowest BCUT2D eigenvalue weighted by molar-refractivity contribution is -0.104. The Balaban J connectivity index is 0.00000101. The van der Waals surface area contributed by atoms with Crippen molar-refractivity contribution in [2.45, 2.75) is 51.6 Å². The van der Waals surface area contributed by atoms with Gasteiger partial charge in [-0.15, -0.1) is 0 Å².